The van der Waals surface area contributed by atoms with Crippen LogP contribution >= 0.6 is 0 Å². The van der Waals surface area contributed by atoms with Crippen molar-refractivity contribution in [2.45, 2.75) is 32.4 Å². The van der Waals surface area contributed by atoms with Crippen molar-refractivity contribution >= 4 is 5.91 Å². The van der Waals surface area contributed by atoms with Crippen LogP contribution in [0.4, 0.5) is 0 Å². The van der Waals surface area contributed by atoms with Gasteiger partial charge < -0.3 is 20.1 Å². The smallest absolute Gasteiger partial charge is 0.224 e. The molecule has 0 heterocycles. The lowest BCUT2D eigenvalue weighted by Crippen LogP contribution is -2.39. The standard InChI is InChI=1S/C15H24N2O3/c1-15(2,16)9-14(18)17(3)10-11-6-7-12(19-4)13(8-11)20-5/h6-8H,9-10,16H2,1-5H3. The van der Waals surface area contributed by atoms with Crippen LogP contribution in [0.5, 0.6) is 11.5 Å². The molecule has 1 aromatic rings. The van der Waals surface area contributed by atoms with E-state index < -0.39 is 5.54 Å². The topological polar surface area (TPSA) is 64.8 Å². The molecule has 0 aliphatic carbocycles. The average molecular weight is 280 g/mol. The van der Waals surface area contributed by atoms with Crippen LogP contribution in [0.2, 0.25) is 0 Å². The number of rotatable bonds is 6. The molecule has 5 heteroatoms. The summed E-state index contributed by atoms with van der Waals surface area (Å²) < 4.78 is 10.4. The van der Waals surface area contributed by atoms with E-state index in [0.717, 1.165) is 5.56 Å². The number of nitrogens with zero attached hydrogens (tertiary/aromatic N) is 1. The van der Waals surface area contributed by atoms with Crippen LogP contribution in [0, 0.1) is 0 Å². The summed E-state index contributed by atoms with van der Waals surface area (Å²) in [7, 11) is 4.95. The number of methoxy groups -OCH3 is 2. The zero-order valence-electron chi connectivity index (χ0n) is 12.9. The fourth-order valence-electron chi connectivity index (χ4n) is 1.87. The Bertz CT molecular complexity index is 467. The van der Waals surface area contributed by atoms with Gasteiger partial charge in [0.05, 0.1) is 14.2 Å². The number of hydrogen-bond acceptors (Lipinski definition) is 4. The molecule has 0 spiro atoms. The van der Waals surface area contributed by atoms with E-state index in [9.17, 15) is 4.79 Å². The SMILES string of the molecule is COc1ccc(CN(C)C(=O)CC(C)(C)N)cc1OC. The fourth-order valence-corrected chi connectivity index (χ4v) is 1.87. The maximum atomic E-state index is 12.0. The van der Waals surface area contributed by atoms with Gasteiger partial charge in [-0.3, -0.25) is 4.79 Å². The molecule has 0 saturated heterocycles. The molecular formula is C15H24N2O3. The molecule has 0 saturated carbocycles. The first kappa shape index (κ1) is 16.3. The first-order chi connectivity index (χ1) is 9.26. The summed E-state index contributed by atoms with van der Waals surface area (Å²) in [5, 5.41) is 0. The normalized spacial score (nSPS) is 11.1. The van der Waals surface area contributed by atoms with Crippen molar-refractivity contribution in [3.05, 3.63) is 23.8 Å². The molecule has 1 rings (SSSR count). The molecule has 1 amide bonds. The second-order valence-electron chi connectivity index (χ2n) is 5.60. The van der Waals surface area contributed by atoms with Crippen molar-refractivity contribution in [3.8, 4) is 11.5 Å². The van der Waals surface area contributed by atoms with Gasteiger partial charge in [0.2, 0.25) is 5.91 Å². The molecule has 0 aliphatic heterocycles. The van der Waals surface area contributed by atoms with Gasteiger partial charge in [0.15, 0.2) is 11.5 Å². The number of benzene rings is 1. The monoisotopic (exact) mass is 280 g/mol. The molecule has 0 aliphatic rings. The zero-order valence-corrected chi connectivity index (χ0v) is 12.9. The lowest BCUT2D eigenvalue weighted by molar-refractivity contribution is -0.131. The van der Waals surface area contributed by atoms with Gasteiger partial charge in [0, 0.05) is 25.6 Å². The number of ether oxygens (including phenoxy) is 2. The van der Waals surface area contributed by atoms with Gasteiger partial charge in [0.1, 0.15) is 0 Å². The number of amides is 1. The molecule has 0 atom stereocenters. The lowest BCUT2D eigenvalue weighted by atomic mass is 10.0. The summed E-state index contributed by atoms with van der Waals surface area (Å²) in [6.07, 6.45) is 0.316. The Kier molecular flexibility index (Phi) is 5.39. The third-order valence-electron chi connectivity index (χ3n) is 2.90. The van der Waals surface area contributed by atoms with Crippen LogP contribution < -0.4 is 15.2 Å². The molecule has 0 aromatic heterocycles. The molecule has 112 valence electrons. The van der Waals surface area contributed by atoms with E-state index in [2.05, 4.69) is 0 Å². The van der Waals surface area contributed by atoms with E-state index in [4.69, 9.17) is 15.2 Å². The lowest BCUT2D eigenvalue weighted by Gasteiger charge is -2.23. The maximum Gasteiger partial charge on any atom is 0.224 e. The molecule has 5 nitrogen and oxygen atoms in total. The van der Waals surface area contributed by atoms with Gasteiger partial charge in [-0.2, -0.15) is 0 Å². The van der Waals surface area contributed by atoms with Crippen LogP contribution in [0.25, 0.3) is 0 Å². The third-order valence-corrected chi connectivity index (χ3v) is 2.90. The van der Waals surface area contributed by atoms with E-state index in [0.29, 0.717) is 24.5 Å². The number of hydrogen-bond donors (Lipinski definition) is 1. The van der Waals surface area contributed by atoms with Crippen LogP contribution in [-0.2, 0) is 11.3 Å². The highest BCUT2D eigenvalue weighted by atomic mass is 16.5. The van der Waals surface area contributed by atoms with Crippen molar-refractivity contribution in [1.82, 2.24) is 4.90 Å². The minimum absolute atomic E-state index is 0.0206. The highest BCUT2D eigenvalue weighted by molar-refractivity contribution is 5.77. The fraction of sp³-hybridized carbons (Fsp3) is 0.533. The van der Waals surface area contributed by atoms with E-state index in [1.54, 1.807) is 26.2 Å². The van der Waals surface area contributed by atoms with Gasteiger partial charge in [-0.05, 0) is 31.5 Å². The van der Waals surface area contributed by atoms with Gasteiger partial charge in [0.25, 0.3) is 0 Å². The first-order valence-electron chi connectivity index (χ1n) is 6.50. The molecule has 0 bridgehead atoms. The van der Waals surface area contributed by atoms with Crippen molar-refractivity contribution in [2.24, 2.45) is 5.73 Å². The van der Waals surface area contributed by atoms with Crippen LogP contribution in [0.3, 0.4) is 0 Å². The number of carbonyl (C=O) groups excluding carboxylic acids is 1. The summed E-state index contributed by atoms with van der Waals surface area (Å²) >= 11 is 0. The van der Waals surface area contributed by atoms with Gasteiger partial charge in [-0.25, -0.2) is 0 Å². The summed E-state index contributed by atoms with van der Waals surface area (Å²) in [6.45, 7) is 4.19. The predicted molar refractivity (Wildman–Crippen MR) is 78.9 cm³/mol. The Morgan fingerprint density at radius 3 is 2.35 bits per heavy atom. The van der Waals surface area contributed by atoms with Crippen LogP contribution in [-0.4, -0.2) is 37.6 Å². The molecule has 0 unspecified atom stereocenters. The molecule has 0 radical (unpaired) electrons. The predicted octanol–water partition coefficient (Wildman–Crippen LogP) is 1.79. The zero-order chi connectivity index (χ0) is 15.3. The van der Waals surface area contributed by atoms with Crippen LogP contribution in [0.15, 0.2) is 18.2 Å². The van der Waals surface area contributed by atoms with E-state index in [1.807, 2.05) is 32.0 Å². The summed E-state index contributed by atoms with van der Waals surface area (Å²) in [4.78, 5) is 13.7. The van der Waals surface area contributed by atoms with Crippen molar-refractivity contribution in [2.75, 3.05) is 21.3 Å². The summed E-state index contributed by atoms with van der Waals surface area (Å²) in [6, 6.07) is 5.62. The highest BCUT2D eigenvalue weighted by Gasteiger charge is 2.19. The van der Waals surface area contributed by atoms with E-state index in [-0.39, 0.29) is 5.91 Å². The Morgan fingerprint density at radius 2 is 1.85 bits per heavy atom. The molecule has 20 heavy (non-hydrogen) atoms. The molecular weight excluding hydrogens is 256 g/mol. The Balaban J connectivity index is 2.75. The Hall–Kier alpha value is -1.75. The Morgan fingerprint density at radius 1 is 1.25 bits per heavy atom. The number of carbonyl (C=O) groups is 1. The molecule has 2 N–H and O–H groups in total. The largest absolute Gasteiger partial charge is 0.493 e. The van der Waals surface area contributed by atoms with E-state index >= 15 is 0 Å². The number of nitrogens with two attached hydrogens (primary N) is 1. The second-order valence-corrected chi connectivity index (χ2v) is 5.60. The van der Waals surface area contributed by atoms with Crippen molar-refractivity contribution in [1.29, 1.82) is 0 Å². The third kappa shape index (κ3) is 4.74. The highest BCUT2D eigenvalue weighted by Crippen LogP contribution is 2.28. The minimum Gasteiger partial charge on any atom is -0.493 e. The molecule has 1 aromatic carbocycles. The first-order valence-corrected chi connectivity index (χ1v) is 6.50. The summed E-state index contributed by atoms with van der Waals surface area (Å²) in [5.74, 6) is 1.35. The second kappa shape index (κ2) is 6.61. The van der Waals surface area contributed by atoms with Gasteiger partial charge in [-0.15, -0.1) is 0 Å². The minimum atomic E-state index is -0.497. The van der Waals surface area contributed by atoms with Crippen LogP contribution in [0.1, 0.15) is 25.8 Å². The summed E-state index contributed by atoms with van der Waals surface area (Å²) in [5.41, 5.74) is 6.35. The average Bonchev–Trinajstić information content (AvgIpc) is 2.36. The van der Waals surface area contributed by atoms with Gasteiger partial charge in [-0.1, -0.05) is 6.07 Å². The van der Waals surface area contributed by atoms with E-state index in [1.165, 1.54) is 0 Å². The van der Waals surface area contributed by atoms with Crippen molar-refractivity contribution < 1.29 is 14.3 Å². The molecule has 0 fully saturated rings. The van der Waals surface area contributed by atoms with Gasteiger partial charge >= 0.3 is 0 Å². The van der Waals surface area contributed by atoms with Crippen molar-refractivity contribution in [3.63, 3.8) is 0 Å². The quantitative estimate of drug-likeness (QED) is 0.863. The Labute approximate surface area is 120 Å². The maximum absolute atomic E-state index is 12.0.